The van der Waals surface area contributed by atoms with E-state index in [9.17, 15) is 0 Å². The minimum absolute atomic E-state index is 0.830. The highest BCUT2D eigenvalue weighted by Crippen LogP contribution is 2.27. The summed E-state index contributed by atoms with van der Waals surface area (Å²) in [6, 6.07) is 0. The van der Waals surface area contributed by atoms with Gasteiger partial charge in [0.25, 0.3) is 0 Å². The predicted molar refractivity (Wildman–Crippen MR) is 54.9 cm³/mol. The van der Waals surface area contributed by atoms with Crippen molar-refractivity contribution in [2.45, 2.75) is 45.4 Å². The van der Waals surface area contributed by atoms with Crippen molar-refractivity contribution in [3.8, 4) is 0 Å². The quantitative estimate of drug-likeness (QED) is 0.543. The van der Waals surface area contributed by atoms with Gasteiger partial charge in [0.1, 0.15) is 0 Å². The van der Waals surface area contributed by atoms with Crippen LogP contribution in [0.4, 0.5) is 0 Å². The zero-order chi connectivity index (χ0) is 8.81. The molecule has 0 aromatic heterocycles. The zero-order valence-corrected chi connectivity index (χ0v) is 8.26. The van der Waals surface area contributed by atoms with Gasteiger partial charge in [-0.1, -0.05) is 32.4 Å². The van der Waals surface area contributed by atoms with Crippen LogP contribution in [0.5, 0.6) is 0 Å². The highest BCUT2D eigenvalue weighted by molar-refractivity contribution is 4.85. The van der Waals surface area contributed by atoms with Gasteiger partial charge in [-0.05, 0) is 43.9 Å². The second kappa shape index (κ2) is 5.40. The second-order valence-electron chi connectivity index (χ2n) is 4.01. The van der Waals surface area contributed by atoms with Crippen molar-refractivity contribution in [3.05, 3.63) is 19.1 Å². The van der Waals surface area contributed by atoms with E-state index in [0.29, 0.717) is 0 Å². The first-order valence-electron chi connectivity index (χ1n) is 5.29. The Labute approximate surface area is 77.1 Å². The van der Waals surface area contributed by atoms with Crippen molar-refractivity contribution >= 4 is 0 Å². The highest BCUT2D eigenvalue weighted by atomic mass is 14.2. The summed E-state index contributed by atoms with van der Waals surface area (Å²) in [4.78, 5) is 0. The lowest BCUT2D eigenvalue weighted by Gasteiger charge is -2.23. The van der Waals surface area contributed by atoms with Crippen molar-refractivity contribution in [2.75, 3.05) is 0 Å². The van der Waals surface area contributed by atoms with Gasteiger partial charge in [0.05, 0.1) is 0 Å². The Hall–Kier alpha value is -0.260. The molecule has 0 heteroatoms. The molecule has 1 radical (unpaired) electrons. The first kappa shape index (κ1) is 9.83. The Morgan fingerprint density at radius 1 is 1.33 bits per heavy atom. The molecular weight excluding hydrogens is 144 g/mol. The minimum atomic E-state index is 0.830. The van der Waals surface area contributed by atoms with Crippen molar-refractivity contribution in [1.29, 1.82) is 0 Å². The zero-order valence-electron chi connectivity index (χ0n) is 8.26. The monoisotopic (exact) mass is 165 g/mol. The van der Waals surface area contributed by atoms with Crippen LogP contribution >= 0.6 is 0 Å². The van der Waals surface area contributed by atoms with E-state index >= 15 is 0 Å². The molecule has 0 aromatic rings. The fourth-order valence-electron chi connectivity index (χ4n) is 1.99. The normalized spacial score (nSPS) is 30.3. The molecule has 2 unspecified atom stereocenters. The van der Waals surface area contributed by atoms with Crippen molar-refractivity contribution in [3.63, 3.8) is 0 Å². The van der Waals surface area contributed by atoms with E-state index in [-0.39, 0.29) is 0 Å². The van der Waals surface area contributed by atoms with Crippen LogP contribution in [0.3, 0.4) is 0 Å². The maximum Gasteiger partial charge on any atom is -0.0348 e. The van der Waals surface area contributed by atoms with Crippen LogP contribution in [0.15, 0.2) is 12.2 Å². The standard InChI is InChI=1S/C12H21/c1-3-11(2)12-9-7-5-4-6-8-10-12/h4-5,11-12H,1,3,6-10H2,2H3/b5-4-. The third kappa shape index (κ3) is 3.00. The van der Waals surface area contributed by atoms with Crippen LogP contribution in [0.2, 0.25) is 0 Å². The molecule has 0 heterocycles. The molecule has 1 rings (SSSR count). The largest absolute Gasteiger partial charge is 0.0885 e. The van der Waals surface area contributed by atoms with Crippen LogP contribution in [0.25, 0.3) is 0 Å². The molecule has 1 aliphatic rings. The number of hydrogen-bond acceptors (Lipinski definition) is 0. The van der Waals surface area contributed by atoms with Gasteiger partial charge < -0.3 is 0 Å². The molecule has 0 aliphatic heterocycles. The first-order chi connectivity index (χ1) is 5.84. The van der Waals surface area contributed by atoms with E-state index in [0.717, 1.165) is 18.3 Å². The maximum atomic E-state index is 4.00. The minimum Gasteiger partial charge on any atom is -0.0885 e. The Bertz CT molecular complexity index is 135. The molecule has 0 saturated heterocycles. The van der Waals surface area contributed by atoms with Crippen molar-refractivity contribution in [2.24, 2.45) is 11.8 Å². The van der Waals surface area contributed by atoms with Crippen LogP contribution < -0.4 is 0 Å². The Morgan fingerprint density at radius 2 is 2.08 bits per heavy atom. The van der Waals surface area contributed by atoms with Crippen molar-refractivity contribution in [1.82, 2.24) is 0 Å². The molecule has 0 aromatic carbocycles. The van der Waals surface area contributed by atoms with Crippen LogP contribution in [0.1, 0.15) is 45.4 Å². The third-order valence-corrected chi connectivity index (χ3v) is 3.08. The van der Waals surface area contributed by atoms with Crippen LogP contribution in [0, 0.1) is 18.8 Å². The fourth-order valence-corrected chi connectivity index (χ4v) is 1.99. The Balaban J connectivity index is 2.36. The van der Waals surface area contributed by atoms with Gasteiger partial charge in [-0.25, -0.2) is 0 Å². The number of hydrogen-bond donors (Lipinski definition) is 0. The van der Waals surface area contributed by atoms with E-state index < -0.39 is 0 Å². The molecule has 0 bridgehead atoms. The summed E-state index contributed by atoms with van der Waals surface area (Å²) in [5.74, 6) is 1.77. The predicted octanol–water partition coefficient (Wildman–Crippen LogP) is 3.98. The first-order valence-corrected chi connectivity index (χ1v) is 5.29. The van der Waals surface area contributed by atoms with Gasteiger partial charge >= 0.3 is 0 Å². The van der Waals surface area contributed by atoms with E-state index in [1.54, 1.807) is 0 Å². The summed E-state index contributed by atoms with van der Waals surface area (Å²) in [6.45, 7) is 6.35. The summed E-state index contributed by atoms with van der Waals surface area (Å²) >= 11 is 0. The summed E-state index contributed by atoms with van der Waals surface area (Å²) in [5.41, 5.74) is 0. The van der Waals surface area contributed by atoms with E-state index in [1.807, 2.05) is 0 Å². The summed E-state index contributed by atoms with van der Waals surface area (Å²) in [7, 11) is 0. The van der Waals surface area contributed by atoms with Gasteiger partial charge in [0, 0.05) is 0 Å². The molecule has 0 amide bonds. The Kier molecular flexibility index (Phi) is 4.42. The molecule has 0 saturated carbocycles. The highest BCUT2D eigenvalue weighted by Gasteiger charge is 2.14. The van der Waals surface area contributed by atoms with Gasteiger partial charge in [-0.3, -0.25) is 0 Å². The maximum absolute atomic E-state index is 4.00. The molecular formula is C12H21. The van der Waals surface area contributed by atoms with Gasteiger partial charge in [0.15, 0.2) is 0 Å². The lowest BCUT2D eigenvalue weighted by Crippen LogP contribution is -2.11. The summed E-state index contributed by atoms with van der Waals surface area (Å²) in [6.07, 6.45) is 12.6. The summed E-state index contributed by atoms with van der Waals surface area (Å²) in [5, 5.41) is 0. The SMILES string of the molecule is [CH2]CC(C)C1CC/C=C\CCC1. The Morgan fingerprint density at radius 3 is 2.83 bits per heavy atom. The average molecular weight is 165 g/mol. The molecule has 0 fully saturated rings. The van der Waals surface area contributed by atoms with Crippen LogP contribution in [-0.2, 0) is 0 Å². The number of allylic oxidation sites excluding steroid dienone is 2. The smallest absolute Gasteiger partial charge is 0.0348 e. The second-order valence-corrected chi connectivity index (χ2v) is 4.01. The molecule has 0 nitrogen and oxygen atoms in total. The molecule has 69 valence electrons. The molecule has 1 aliphatic carbocycles. The van der Waals surface area contributed by atoms with Crippen molar-refractivity contribution < 1.29 is 0 Å². The fraction of sp³-hybridized carbons (Fsp3) is 0.750. The van der Waals surface area contributed by atoms with Crippen LogP contribution in [-0.4, -0.2) is 0 Å². The average Bonchev–Trinajstić information content (AvgIpc) is 2.02. The van der Waals surface area contributed by atoms with E-state index in [1.165, 1.54) is 32.1 Å². The number of rotatable bonds is 2. The van der Waals surface area contributed by atoms with E-state index in [2.05, 4.69) is 26.0 Å². The molecule has 12 heavy (non-hydrogen) atoms. The third-order valence-electron chi connectivity index (χ3n) is 3.08. The molecule has 2 atom stereocenters. The van der Waals surface area contributed by atoms with Gasteiger partial charge in [-0.15, -0.1) is 0 Å². The molecule has 0 N–H and O–H groups in total. The van der Waals surface area contributed by atoms with E-state index in [4.69, 9.17) is 0 Å². The lowest BCUT2D eigenvalue weighted by molar-refractivity contribution is 0.309. The summed E-state index contributed by atoms with van der Waals surface area (Å²) < 4.78 is 0. The van der Waals surface area contributed by atoms with Gasteiger partial charge in [0.2, 0.25) is 0 Å². The van der Waals surface area contributed by atoms with Gasteiger partial charge in [-0.2, -0.15) is 0 Å². The lowest BCUT2D eigenvalue weighted by atomic mass is 9.83. The molecule has 0 spiro atoms. The topological polar surface area (TPSA) is 0 Å².